The van der Waals surface area contributed by atoms with Gasteiger partial charge in [-0.05, 0) is 31.3 Å². The van der Waals surface area contributed by atoms with E-state index in [1.807, 2.05) is 37.5 Å². The standard InChI is InChI=1S/C13H25N5S/c1-14-13(16-6-3-4-11-19-2)17-7-5-9-18-10-8-15-12-18/h8,10,12H,3-7,9,11H2,1-2H3,(H2,14,16,17). The van der Waals surface area contributed by atoms with Gasteiger partial charge in [0.15, 0.2) is 5.96 Å². The number of unbranched alkanes of at least 4 members (excludes halogenated alkanes) is 1. The maximum absolute atomic E-state index is 4.21. The van der Waals surface area contributed by atoms with Crippen LogP contribution in [0.5, 0.6) is 0 Å². The molecule has 0 radical (unpaired) electrons. The molecule has 1 aromatic heterocycles. The van der Waals surface area contributed by atoms with E-state index < -0.39 is 0 Å². The molecule has 0 aliphatic rings. The van der Waals surface area contributed by atoms with Crippen LogP contribution in [0.2, 0.25) is 0 Å². The van der Waals surface area contributed by atoms with Crippen molar-refractivity contribution in [2.75, 3.05) is 32.1 Å². The Morgan fingerprint density at radius 3 is 2.68 bits per heavy atom. The Hall–Kier alpha value is -1.17. The van der Waals surface area contributed by atoms with Crippen LogP contribution in [-0.4, -0.2) is 47.7 Å². The van der Waals surface area contributed by atoms with E-state index in [1.54, 1.807) is 0 Å². The summed E-state index contributed by atoms with van der Waals surface area (Å²) in [6.07, 6.45) is 11.3. The maximum Gasteiger partial charge on any atom is 0.190 e. The molecule has 19 heavy (non-hydrogen) atoms. The van der Waals surface area contributed by atoms with Crippen LogP contribution in [0, 0.1) is 0 Å². The van der Waals surface area contributed by atoms with E-state index in [-0.39, 0.29) is 0 Å². The topological polar surface area (TPSA) is 54.2 Å². The van der Waals surface area contributed by atoms with E-state index >= 15 is 0 Å². The Bertz CT molecular complexity index is 337. The van der Waals surface area contributed by atoms with Gasteiger partial charge in [-0.2, -0.15) is 11.8 Å². The van der Waals surface area contributed by atoms with Gasteiger partial charge in [-0.1, -0.05) is 0 Å². The first-order valence-electron chi connectivity index (χ1n) is 6.76. The van der Waals surface area contributed by atoms with Crippen LogP contribution in [0.4, 0.5) is 0 Å². The number of imidazole rings is 1. The van der Waals surface area contributed by atoms with Gasteiger partial charge in [0.2, 0.25) is 0 Å². The number of rotatable bonds is 9. The number of nitrogens with one attached hydrogen (secondary N) is 2. The summed E-state index contributed by atoms with van der Waals surface area (Å²) in [4.78, 5) is 8.23. The molecule has 1 aromatic rings. The Morgan fingerprint density at radius 2 is 2.05 bits per heavy atom. The largest absolute Gasteiger partial charge is 0.356 e. The minimum Gasteiger partial charge on any atom is -0.356 e. The molecule has 0 spiro atoms. The quantitative estimate of drug-likeness (QED) is 0.410. The van der Waals surface area contributed by atoms with Gasteiger partial charge in [-0.15, -0.1) is 0 Å². The Labute approximate surface area is 120 Å². The molecule has 0 aromatic carbocycles. The van der Waals surface area contributed by atoms with Gasteiger partial charge in [0.25, 0.3) is 0 Å². The lowest BCUT2D eigenvalue weighted by atomic mass is 10.3. The lowest BCUT2D eigenvalue weighted by molar-refractivity contribution is 0.623. The first kappa shape index (κ1) is 15.9. The summed E-state index contributed by atoms with van der Waals surface area (Å²) in [5.41, 5.74) is 0. The molecule has 0 unspecified atom stereocenters. The molecule has 0 aliphatic carbocycles. The molecule has 108 valence electrons. The number of aryl methyl sites for hydroxylation is 1. The summed E-state index contributed by atoms with van der Waals surface area (Å²) in [7, 11) is 1.81. The smallest absolute Gasteiger partial charge is 0.190 e. The highest BCUT2D eigenvalue weighted by molar-refractivity contribution is 7.98. The van der Waals surface area contributed by atoms with E-state index in [1.165, 1.54) is 18.6 Å². The van der Waals surface area contributed by atoms with Gasteiger partial charge in [-0.3, -0.25) is 4.99 Å². The van der Waals surface area contributed by atoms with Gasteiger partial charge in [-0.25, -0.2) is 4.98 Å². The molecule has 2 N–H and O–H groups in total. The normalized spacial score (nSPS) is 11.6. The van der Waals surface area contributed by atoms with Gasteiger partial charge in [0.05, 0.1) is 6.33 Å². The molecule has 0 aliphatic heterocycles. The zero-order chi connectivity index (χ0) is 13.8. The third kappa shape index (κ3) is 7.77. The molecule has 1 heterocycles. The first-order chi connectivity index (χ1) is 9.36. The molecule has 6 heteroatoms. The maximum atomic E-state index is 4.21. The van der Waals surface area contributed by atoms with Crippen molar-refractivity contribution in [3.63, 3.8) is 0 Å². The van der Waals surface area contributed by atoms with E-state index in [0.29, 0.717) is 0 Å². The Kier molecular flexibility index (Phi) is 8.97. The highest BCUT2D eigenvalue weighted by Gasteiger charge is 1.96. The van der Waals surface area contributed by atoms with E-state index in [2.05, 4.69) is 31.4 Å². The molecule has 5 nitrogen and oxygen atoms in total. The molecule has 0 bridgehead atoms. The summed E-state index contributed by atoms with van der Waals surface area (Å²) in [6.45, 7) is 2.89. The molecule has 0 fully saturated rings. The van der Waals surface area contributed by atoms with Gasteiger partial charge in [0.1, 0.15) is 0 Å². The molecule has 0 saturated heterocycles. The summed E-state index contributed by atoms with van der Waals surface area (Å²) in [5.74, 6) is 2.13. The molecule has 0 saturated carbocycles. The highest BCUT2D eigenvalue weighted by atomic mass is 32.2. The van der Waals surface area contributed by atoms with Crippen molar-refractivity contribution in [1.82, 2.24) is 20.2 Å². The van der Waals surface area contributed by atoms with Crippen LogP contribution in [0.15, 0.2) is 23.7 Å². The zero-order valence-corrected chi connectivity index (χ0v) is 12.7. The number of nitrogens with zero attached hydrogens (tertiary/aromatic N) is 3. The number of aromatic nitrogens is 2. The van der Waals surface area contributed by atoms with Crippen molar-refractivity contribution in [2.24, 2.45) is 4.99 Å². The number of guanidine groups is 1. The molecule has 0 amide bonds. The predicted octanol–water partition coefficient (Wildman–Crippen LogP) is 1.58. The third-order valence-corrected chi connectivity index (χ3v) is 3.43. The fraction of sp³-hybridized carbons (Fsp3) is 0.692. The number of hydrogen-bond acceptors (Lipinski definition) is 3. The minimum atomic E-state index is 0.898. The fourth-order valence-electron chi connectivity index (χ4n) is 1.69. The van der Waals surface area contributed by atoms with Crippen molar-refractivity contribution < 1.29 is 0 Å². The third-order valence-electron chi connectivity index (χ3n) is 2.74. The Balaban J connectivity index is 2.02. The van der Waals surface area contributed by atoms with Crippen molar-refractivity contribution in [3.05, 3.63) is 18.7 Å². The average molecular weight is 283 g/mol. The van der Waals surface area contributed by atoms with Crippen LogP contribution in [0.25, 0.3) is 0 Å². The predicted molar refractivity (Wildman–Crippen MR) is 83.8 cm³/mol. The lowest BCUT2D eigenvalue weighted by Gasteiger charge is -2.11. The molecule has 1 rings (SSSR count). The van der Waals surface area contributed by atoms with Crippen LogP contribution >= 0.6 is 11.8 Å². The number of thioether (sulfide) groups is 1. The van der Waals surface area contributed by atoms with Crippen LogP contribution < -0.4 is 10.6 Å². The monoisotopic (exact) mass is 283 g/mol. The van der Waals surface area contributed by atoms with Crippen molar-refractivity contribution in [1.29, 1.82) is 0 Å². The summed E-state index contributed by atoms with van der Waals surface area (Å²) in [6, 6.07) is 0. The second-order valence-corrected chi connectivity index (χ2v) is 5.27. The van der Waals surface area contributed by atoms with Crippen molar-refractivity contribution in [2.45, 2.75) is 25.8 Å². The van der Waals surface area contributed by atoms with Crippen molar-refractivity contribution in [3.8, 4) is 0 Å². The van der Waals surface area contributed by atoms with Crippen LogP contribution in [0.1, 0.15) is 19.3 Å². The van der Waals surface area contributed by atoms with Crippen LogP contribution in [-0.2, 0) is 6.54 Å². The second-order valence-electron chi connectivity index (χ2n) is 4.28. The molecular formula is C13H25N5S. The summed E-state index contributed by atoms with van der Waals surface area (Å²) in [5, 5.41) is 6.66. The summed E-state index contributed by atoms with van der Waals surface area (Å²) < 4.78 is 2.08. The molecule has 0 atom stereocenters. The van der Waals surface area contributed by atoms with Crippen molar-refractivity contribution >= 4 is 17.7 Å². The van der Waals surface area contributed by atoms with Crippen LogP contribution in [0.3, 0.4) is 0 Å². The minimum absolute atomic E-state index is 0.898. The summed E-state index contributed by atoms with van der Waals surface area (Å²) >= 11 is 1.90. The molecular weight excluding hydrogens is 258 g/mol. The zero-order valence-electron chi connectivity index (χ0n) is 11.9. The van der Waals surface area contributed by atoms with Gasteiger partial charge >= 0.3 is 0 Å². The van der Waals surface area contributed by atoms with Gasteiger partial charge in [0, 0.05) is 39.1 Å². The second kappa shape index (κ2) is 10.7. The lowest BCUT2D eigenvalue weighted by Crippen LogP contribution is -2.38. The Morgan fingerprint density at radius 1 is 1.26 bits per heavy atom. The fourth-order valence-corrected chi connectivity index (χ4v) is 2.18. The SMILES string of the molecule is CN=C(NCCCCSC)NCCCn1ccnc1. The average Bonchev–Trinajstić information content (AvgIpc) is 2.94. The van der Waals surface area contributed by atoms with E-state index in [0.717, 1.165) is 32.0 Å². The highest BCUT2D eigenvalue weighted by Crippen LogP contribution is 1.97. The first-order valence-corrected chi connectivity index (χ1v) is 8.15. The van der Waals surface area contributed by atoms with E-state index in [4.69, 9.17) is 0 Å². The number of aliphatic imine (C=N–C) groups is 1. The van der Waals surface area contributed by atoms with Gasteiger partial charge < -0.3 is 15.2 Å². The number of hydrogen-bond donors (Lipinski definition) is 2. The van der Waals surface area contributed by atoms with E-state index in [9.17, 15) is 0 Å².